The van der Waals surface area contributed by atoms with E-state index in [1.807, 2.05) is 61.5 Å². The van der Waals surface area contributed by atoms with E-state index in [4.69, 9.17) is 4.74 Å². The summed E-state index contributed by atoms with van der Waals surface area (Å²) in [6.45, 7) is 2.05. The third-order valence-corrected chi connectivity index (χ3v) is 5.38. The molecule has 2 aromatic carbocycles. The van der Waals surface area contributed by atoms with Crippen molar-refractivity contribution in [2.24, 2.45) is 0 Å². The van der Waals surface area contributed by atoms with Crippen LogP contribution in [0.3, 0.4) is 0 Å². The molecular weight excluding hydrogens is 422 g/mol. The summed E-state index contributed by atoms with van der Waals surface area (Å²) in [5, 5.41) is 15.8. The van der Waals surface area contributed by atoms with Crippen LogP contribution in [0.15, 0.2) is 60.8 Å². The number of hydrogen-bond donors (Lipinski definition) is 4. The van der Waals surface area contributed by atoms with Crippen LogP contribution in [0.1, 0.15) is 37.3 Å². The number of para-hydroxylation sites is 1. The number of nitrogens with one attached hydrogen (secondary N) is 3. The summed E-state index contributed by atoms with van der Waals surface area (Å²) in [4.78, 5) is 40.2. The van der Waals surface area contributed by atoms with E-state index in [-0.39, 0.29) is 13.0 Å². The molecular formula is C25H29N3O5. The maximum absolute atomic E-state index is 12.9. The van der Waals surface area contributed by atoms with Gasteiger partial charge in [0.1, 0.15) is 18.7 Å². The Morgan fingerprint density at radius 2 is 1.73 bits per heavy atom. The highest BCUT2D eigenvalue weighted by atomic mass is 16.5. The number of ether oxygens (including phenoxy) is 1. The quantitative estimate of drug-likeness (QED) is 0.354. The molecule has 1 heterocycles. The van der Waals surface area contributed by atoms with E-state index in [0.717, 1.165) is 28.5 Å². The minimum Gasteiger partial charge on any atom is -0.480 e. The SMILES string of the molecule is CCCC[C@@H](NC(=O)OCc1ccccc1)C(=O)N[C@@H](Cc1c[nH]c2ccccc12)C(=O)O. The molecule has 0 saturated heterocycles. The van der Waals surface area contributed by atoms with Gasteiger partial charge >= 0.3 is 12.1 Å². The van der Waals surface area contributed by atoms with E-state index in [0.29, 0.717) is 12.8 Å². The van der Waals surface area contributed by atoms with Crippen LogP contribution >= 0.6 is 0 Å². The fraction of sp³-hybridized carbons (Fsp3) is 0.320. The lowest BCUT2D eigenvalue weighted by Crippen LogP contribution is -2.52. The van der Waals surface area contributed by atoms with Gasteiger partial charge in [-0.05, 0) is 23.6 Å². The first-order valence-corrected chi connectivity index (χ1v) is 11.0. The molecule has 1 aromatic heterocycles. The van der Waals surface area contributed by atoms with Crippen molar-refractivity contribution in [1.82, 2.24) is 15.6 Å². The fourth-order valence-corrected chi connectivity index (χ4v) is 3.58. The zero-order valence-electron chi connectivity index (χ0n) is 18.5. The first-order chi connectivity index (χ1) is 16.0. The molecule has 8 nitrogen and oxygen atoms in total. The number of alkyl carbamates (subject to hydrolysis) is 1. The highest BCUT2D eigenvalue weighted by Crippen LogP contribution is 2.19. The predicted molar refractivity (Wildman–Crippen MR) is 125 cm³/mol. The third-order valence-electron chi connectivity index (χ3n) is 5.38. The lowest BCUT2D eigenvalue weighted by molar-refractivity contribution is -0.142. The second kappa shape index (κ2) is 11.7. The van der Waals surface area contributed by atoms with Gasteiger partial charge in [-0.15, -0.1) is 0 Å². The maximum atomic E-state index is 12.9. The van der Waals surface area contributed by atoms with Crippen molar-refractivity contribution < 1.29 is 24.2 Å². The predicted octanol–water partition coefficient (Wildman–Crippen LogP) is 3.77. The van der Waals surface area contributed by atoms with E-state index in [2.05, 4.69) is 15.6 Å². The molecule has 174 valence electrons. The first kappa shape index (κ1) is 23.8. The van der Waals surface area contributed by atoms with Crippen molar-refractivity contribution in [3.63, 3.8) is 0 Å². The van der Waals surface area contributed by atoms with Gasteiger partial charge < -0.3 is 25.5 Å². The Labute approximate surface area is 192 Å². The summed E-state index contributed by atoms with van der Waals surface area (Å²) in [5.41, 5.74) is 2.51. The summed E-state index contributed by atoms with van der Waals surface area (Å²) in [5.74, 6) is -1.69. The Balaban J connectivity index is 1.63. The zero-order chi connectivity index (χ0) is 23.6. The second-order valence-corrected chi connectivity index (χ2v) is 7.86. The Kier molecular flexibility index (Phi) is 8.46. The van der Waals surface area contributed by atoms with Crippen LogP contribution in [0.2, 0.25) is 0 Å². The van der Waals surface area contributed by atoms with Crippen molar-refractivity contribution >= 4 is 28.9 Å². The molecule has 4 N–H and O–H groups in total. The summed E-state index contributed by atoms with van der Waals surface area (Å²) >= 11 is 0. The van der Waals surface area contributed by atoms with Crippen molar-refractivity contribution in [2.45, 2.75) is 51.3 Å². The molecule has 0 aliphatic heterocycles. The van der Waals surface area contributed by atoms with Crippen LogP contribution < -0.4 is 10.6 Å². The molecule has 3 rings (SSSR count). The number of aromatic nitrogens is 1. The van der Waals surface area contributed by atoms with Crippen LogP contribution in [-0.2, 0) is 27.4 Å². The van der Waals surface area contributed by atoms with Crippen molar-refractivity contribution in [3.05, 3.63) is 71.9 Å². The monoisotopic (exact) mass is 451 g/mol. The molecule has 0 aliphatic carbocycles. The number of carbonyl (C=O) groups excluding carboxylic acids is 2. The summed E-state index contributed by atoms with van der Waals surface area (Å²) in [6, 6.07) is 14.7. The number of aliphatic carboxylic acids is 1. The minimum atomic E-state index is -1.14. The fourth-order valence-electron chi connectivity index (χ4n) is 3.58. The molecule has 2 amide bonds. The van der Waals surface area contributed by atoms with E-state index in [1.54, 1.807) is 6.20 Å². The number of amides is 2. The molecule has 0 fully saturated rings. The lowest BCUT2D eigenvalue weighted by atomic mass is 10.0. The Morgan fingerprint density at radius 3 is 2.45 bits per heavy atom. The molecule has 0 radical (unpaired) electrons. The third kappa shape index (κ3) is 6.83. The number of benzene rings is 2. The summed E-state index contributed by atoms with van der Waals surface area (Å²) in [6.07, 6.45) is 3.03. The highest BCUT2D eigenvalue weighted by molar-refractivity contribution is 5.90. The largest absolute Gasteiger partial charge is 0.480 e. The molecule has 0 aliphatic rings. The number of rotatable bonds is 11. The van der Waals surface area contributed by atoms with E-state index in [9.17, 15) is 19.5 Å². The average Bonchev–Trinajstić information content (AvgIpc) is 3.23. The second-order valence-electron chi connectivity index (χ2n) is 7.86. The van der Waals surface area contributed by atoms with E-state index >= 15 is 0 Å². The average molecular weight is 452 g/mol. The van der Waals surface area contributed by atoms with Gasteiger partial charge in [0.15, 0.2) is 0 Å². The van der Waals surface area contributed by atoms with Crippen LogP contribution in [0.5, 0.6) is 0 Å². The van der Waals surface area contributed by atoms with Crippen LogP contribution in [0.4, 0.5) is 4.79 Å². The van der Waals surface area contributed by atoms with E-state index in [1.165, 1.54) is 0 Å². The van der Waals surface area contributed by atoms with Crippen LogP contribution in [0.25, 0.3) is 10.9 Å². The van der Waals surface area contributed by atoms with Gasteiger partial charge in [0.05, 0.1) is 0 Å². The standard InChI is InChI=1S/C25H29N3O5/c1-2-3-12-21(28-25(32)33-16-17-9-5-4-6-10-17)23(29)27-22(24(30)31)14-18-15-26-20-13-8-7-11-19(18)20/h4-11,13,15,21-22,26H,2-3,12,14,16H2,1H3,(H,27,29)(H,28,32)(H,30,31)/t21-,22+/m1/s1. The normalized spacial score (nSPS) is 12.6. The van der Waals surface area contributed by atoms with Crippen molar-refractivity contribution in [3.8, 4) is 0 Å². The number of unbranched alkanes of at least 4 members (excludes halogenated alkanes) is 1. The van der Waals surface area contributed by atoms with Crippen LogP contribution in [-0.4, -0.2) is 40.1 Å². The van der Waals surface area contributed by atoms with Crippen LogP contribution in [0, 0.1) is 0 Å². The molecule has 8 heteroatoms. The Morgan fingerprint density at radius 1 is 1.00 bits per heavy atom. The maximum Gasteiger partial charge on any atom is 0.408 e. The Hall–Kier alpha value is -3.81. The van der Waals surface area contributed by atoms with Crippen molar-refractivity contribution in [1.29, 1.82) is 0 Å². The minimum absolute atomic E-state index is 0.0765. The first-order valence-electron chi connectivity index (χ1n) is 11.0. The number of carboxylic acids is 1. The highest BCUT2D eigenvalue weighted by Gasteiger charge is 2.27. The van der Waals surface area contributed by atoms with Gasteiger partial charge in [0, 0.05) is 23.5 Å². The lowest BCUT2D eigenvalue weighted by Gasteiger charge is -2.21. The van der Waals surface area contributed by atoms with E-state index < -0.39 is 30.1 Å². The topological polar surface area (TPSA) is 121 Å². The number of H-pyrrole nitrogens is 1. The molecule has 33 heavy (non-hydrogen) atoms. The van der Waals surface area contributed by atoms with Crippen molar-refractivity contribution in [2.75, 3.05) is 0 Å². The smallest absolute Gasteiger partial charge is 0.408 e. The van der Waals surface area contributed by atoms with Gasteiger partial charge in [-0.1, -0.05) is 68.3 Å². The zero-order valence-corrected chi connectivity index (χ0v) is 18.5. The molecule has 0 bridgehead atoms. The van der Waals surface area contributed by atoms with Gasteiger partial charge in [0.25, 0.3) is 0 Å². The van der Waals surface area contributed by atoms with Gasteiger partial charge in [0.2, 0.25) is 5.91 Å². The Bertz CT molecular complexity index is 1080. The van der Waals surface area contributed by atoms with Gasteiger partial charge in [-0.25, -0.2) is 9.59 Å². The van der Waals surface area contributed by atoms with Gasteiger partial charge in [-0.2, -0.15) is 0 Å². The number of aromatic amines is 1. The molecule has 0 unspecified atom stereocenters. The number of hydrogen-bond acceptors (Lipinski definition) is 4. The molecule has 0 saturated carbocycles. The van der Waals surface area contributed by atoms with Gasteiger partial charge in [-0.3, -0.25) is 4.79 Å². The summed E-state index contributed by atoms with van der Waals surface area (Å²) in [7, 11) is 0. The molecule has 0 spiro atoms. The number of carbonyl (C=O) groups is 3. The molecule has 2 atom stereocenters. The number of fused-ring (bicyclic) bond motifs is 1. The number of carboxylic acid groups (broad SMARTS) is 1. The summed E-state index contributed by atoms with van der Waals surface area (Å²) < 4.78 is 5.22. The molecule has 3 aromatic rings.